The lowest BCUT2D eigenvalue weighted by molar-refractivity contribution is -0.0592. The molecule has 1 atom stereocenters. The van der Waals surface area contributed by atoms with Crippen molar-refractivity contribution >= 4 is 34.3 Å². The zero-order chi connectivity index (χ0) is 29.4. The van der Waals surface area contributed by atoms with E-state index in [0.717, 1.165) is 29.9 Å². The van der Waals surface area contributed by atoms with E-state index in [0.29, 0.717) is 51.4 Å². The molecule has 42 heavy (non-hydrogen) atoms. The Bertz CT molecular complexity index is 1640. The van der Waals surface area contributed by atoms with E-state index in [2.05, 4.69) is 4.90 Å². The van der Waals surface area contributed by atoms with Crippen LogP contribution in [0.25, 0.3) is 11.0 Å². The number of halogens is 4. The zero-order valence-corrected chi connectivity index (χ0v) is 23.3. The average Bonchev–Trinajstić information content (AvgIpc) is 3.27. The number of piperazine rings is 1. The molecule has 0 saturated carbocycles. The maximum Gasteiger partial charge on any atom is 0.335 e. The number of hydrogen-bond acceptors (Lipinski definition) is 6. The molecule has 0 radical (unpaired) electrons. The van der Waals surface area contributed by atoms with Crippen molar-refractivity contribution in [3.8, 4) is 5.75 Å². The summed E-state index contributed by atoms with van der Waals surface area (Å²) in [7, 11) is 0. The highest BCUT2D eigenvalue weighted by Gasteiger charge is 2.26. The van der Waals surface area contributed by atoms with Crippen molar-refractivity contribution in [2.24, 2.45) is 0 Å². The number of aromatic carboxylic acids is 1. The average molecular weight is 601 g/mol. The van der Waals surface area contributed by atoms with Gasteiger partial charge in [-0.1, -0.05) is 17.7 Å². The Hall–Kier alpha value is -3.80. The first-order valence-electron chi connectivity index (χ1n) is 13.6. The molecule has 4 aromatic rings. The third-order valence-electron chi connectivity index (χ3n) is 7.73. The fourth-order valence-electron chi connectivity index (χ4n) is 5.27. The van der Waals surface area contributed by atoms with Crippen molar-refractivity contribution in [2.45, 2.75) is 32.2 Å². The Kier molecular flexibility index (Phi) is 7.98. The molecule has 0 spiro atoms. The Balaban J connectivity index is 1.15. The van der Waals surface area contributed by atoms with E-state index in [1.165, 1.54) is 18.2 Å². The first-order valence-corrected chi connectivity index (χ1v) is 14.0. The number of carboxylic acid groups (broad SMARTS) is 1. The third kappa shape index (κ3) is 5.90. The number of fused-ring (bicyclic) bond motifs is 1. The molecular weight excluding hydrogens is 573 g/mol. The molecule has 2 aliphatic rings. The number of rotatable bonds is 9. The minimum atomic E-state index is -0.999. The Morgan fingerprint density at radius 3 is 2.50 bits per heavy atom. The number of benzene rings is 3. The van der Waals surface area contributed by atoms with Gasteiger partial charge in [0.25, 0.3) is 0 Å². The molecule has 2 aliphatic heterocycles. The molecule has 220 valence electrons. The highest BCUT2D eigenvalue weighted by atomic mass is 35.5. The van der Waals surface area contributed by atoms with E-state index in [9.17, 15) is 23.1 Å². The molecule has 0 amide bonds. The molecule has 2 fully saturated rings. The van der Waals surface area contributed by atoms with Crippen LogP contribution in [-0.4, -0.2) is 64.4 Å². The Morgan fingerprint density at radius 1 is 1.02 bits per heavy atom. The van der Waals surface area contributed by atoms with Crippen LogP contribution in [0, 0.1) is 17.5 Å². The molecule has 8 nitrogen and oxygen atoms in total. The van der Waals surface area contributed by atoms with Gasteiger partial charge in [-0.25, -0.2) is 22.9 Å². The minimum absolute atomic E-state index is 0.0560. The summed E-state index contributed by atoms with van der Waals surface area (Å²) in [5.41, 5.74) is 2.07. The second-order valence-electron chi connectivity index (χ2n) is 10.5. The zero-order valence-electron chi connectivity index (χ0n) is 22.5. The number of carboxylic acids is 1. The Morgan fingerprint density at radius 2 is 1.81 bits per heavy atom. The molecule has 1 unspecified atom stereocenters. The molecule has 3 heterocycles. The molecule has 2 saturated heterocycles. The first kappa shape index (κ1) is 28.3. The van der Waals surface area contributed by atoms with Crippen LogP contribution in [0.4, 0.5) is 18.9 Å². The number of nitrogens with zero attached hydrogens (tertiary/aromatic N) is 4. The first-order chi connectivity index (χ1) is 20.2. The van der Waals surface area contributed by atoms with Crippen LogP contribution < -0.4 is 9.64 Å². The molecule has 0 bridgehead atoms. The van der Waals surface area contributed by atoms with Crippen LogP contribution in [0.15, 0.2) is 48.5 Å². The quantitative estimate of drug-likeness (QED) is 0.272. The summed E-state index contributed by atoms with van der Waals surface area (Å²) in [4.78, 5) is 20.4. The van der Waals surface area contributed by atoms with Crippen molar-refractivity contribution in [2.75, 3.05) is 37.7 Å². The number of anilines is 1. The molecule has 1 aromatic heterocycles. The highest BCUT2D eigenvalue weighted by molar-refractivity contribution is 6.30. The number of imidazole rings is 1. The van der Waals surface area contributed by atoms with E-state index in [4.69, 9.17) is 26.1 Å². The van der Waals surface area contributed by atoms with Gasteiger partial charge in [0.05, 0.1) is 41.5 Å². The molecular formula is C30H28ClF3N4O4. The number of hydrogen-bond donors (Lipinski definition) is 1. The van der Waals surface area contributed by atoms with Crippen LogP contribution in [-0.2, 0) is 24.4 Å². The molecule has 12 heteroatoms. The number of ether oxygens (including phenoxy) is 2. The van der Waals surface area contributed by atoms with Crippen molar-refractivity contribution in [3.63, 3.8) is 0 Å². The van der Waals surface area contributed by atoms with E-state index in [1.807, 2.05) is 9.47 Å². The standard InChI is InChI=1S/C30H28ClF3N4O4/c31-20-3-1-19(22(32)12-20)17-42-28-14-26(23(33)13-24(28)34)37-8-6-36(7-9-37)16-29-35-25-4-2-18(30(39)40)11-27(25)38(29)15-21-5-10-41-21/h1-4,11-14,21H,5-10,15-17H2,(H,39,40). The summed E-state index contributed by atoms with van der Waals surface area (Å²) in [5, 5.41) is 9.71. The molecule has 1 N–H and O–H groups in total. The topological polar surface area (TPSA) is 80.1 Å². The van der Waals surface area contributed by atoms with Crippen LogP contribution in [0.5, 0.6) is 5.75 Å². The maximum atomic E-state index is 14.9. The van der Waals surface area contributed by atoms with E-state index < -0.39 is 23.4 Å². The van der Waals surface area contributed by atoms with Gasteiger partial charge in [-0.3, -0.25) is 4.90 Å². The Labute approximate surface area is 244 Å². The second-order valence-corrected chi connectivity index (χ2v) is 10.9. The van der Waals surface area contributed by atoms with Gasteiger partial charge in [-0.15, -0.1) is 0 Å². The van der Waals surface area contributed by atoms with Gasteiger partial charge in [-0.2, -0.15) is 0 Å². The lowest BCUT2D eigenvalue weighted by atomic mass is 10.1. The molecule has 3 aromatic carbocycles. The van der Waals surface area contributed by atoms with E-state index >= 15 is 0 Å². The summed E-state index contributed by atoms with van der Waals surface area (Å²) in [6.45, 7) is 3.70. The van der Waals surface area contributed by atoms with Crippen molar-refractivity contribution in [1.29, 1.82) is 0 Å². The smallest absolute Gasteiger partial charge is 0.335 e. The summed E-state index contributed by atoms with van der Waals surface area (Å²) in [6, 6.07) is 11.1. The minimum Gasteiger partial charge on any atom is -0.486 e. The second kappa shape index (κ2) is 11.8. The van der Waals surface area contributed by atoms with E-state index in [-0.39, 0.29) is 40.3 Å². The number of carbonyl (C=O) groups is 1. The number of aromatic nitrogens is 2. The van der Waals surface area contributed by atoms with Crippen molar-refractivity contribution < 1.29 is 32.5 Å². The third-order valence-corrected chi connectivity index (χ3v) is 7.97. The summed E-state index contributed by atoms with van der Waals surface area (Å²) in [6.07, 6.45) is 0.987. The van der Waals surface area contributed by atoms with Gasteiger partial charge in [0.2, 0.25) is 0 Å². The maximum absolute atomic E-state index is 14.9. The SMILES string of the molecule is O=C(O)c1ccc2nc(CN3CCN(c4cc(OCc5ccc(Cl)cc5F)c(F)cc4F)CC3)n(CC3CCO3)c2c1. The van der Waals surface area contributed by atoms with Gasteiger partial charge >= 0.3 is 5.97 Å². The van der Waals surface area contributed by atoms with Gasteiger partial charge in [0.1, 0.15) is 24.1 Å². The summed E-state index contributed by atoms with van der Waals surface area (Å²) < 4.78 is 56.7. The fourth-order valence-corrected chi connectivity index (χ4v) is 5.43. The van der Waals surface area contributed by atoms with E-state index in [1.54, 1.807) is 18.2 Å². The van der Waals surface area contributed by atoms with Gasteiger partial charge < -0.3 is 24.0 Å². The van der Waals surface area contributed by atoms with Crippen molar-refractivity contribution in [1.82, 2.24) is 14.5 Å². The van der Waals surface area contributed by atoms with Gasteiger partial charge in [0.15, 0.2) is 11.6 Å². The van der Waals surface area contributed by atoms with Crippen LogP contribution in [0.3, 0.4) is 0 Å². The largest absolute Gasteiger partial charge is 0.486 e. The lowest BCUT2D eigenvalue weighted by Gasteiger charge is -2.36. The highest BCUT2D eigenvalue weighted by Crippen LogP contribution is 2.30. The summed E-state index contributed by atoms with van der Waals surface area (Å²) >= 11 is 5.79. The van der Waals surface area contributed by atoms with Crippen LogP contribution in [0.1, 0.15) is 28.2 Å². The molecule has 6 rings (SSSR count). The monoisotopic (exact) mass is 600 g/mol. The van der Waals surface area contributed by atoms with Gasteiger partial charge in [0, 0.05) is 55.5 Å². The molecule has 0 aliphatic carbocycles. The normalized spacial score (nSPS) is 17.4. The van der Waals surface area contributed by atoms with Crippen molar-refractivity contribution in [3.05, 3.63) is 88.0 Å². The van der Waals surface area contributed by atoms with Gasteiger partial charge in [-0.05, 0) is 36.8 Å². The summed E-state index contributed by atoms with van der Waals surface area (Å²) in [5.74, 6) is -2.52. The van der Waals surface area contributed by atoms with Crippen LogP contribution in [0.2, 0.25) is 5.02 Å². The fraction of sp³-hybridized carbons (Fsp3) is 0.333. The van der Waals surface area contributed by atoms with Crippen LogP contribution >= 0.6 is 11.6 Å². The lowest BCUT2D eigenvalue weighted by Crippen LogP contribution is -2.46. The predicted molar refractivity (Wildman–Crippen MR) is 151 cm³/mol. The predicted octanol–water partition coefficient (Wildman–Crippen LogP) is 5.50.